The number of allylic oxidation sites excluding steroid dienone is 1. The Balaban J connectivity index is 2.13. The van der Waals surface area contributed by atoms with Gasteiger partial charge in [-0.3, -0.25) is 14.9 Å². The summed E-state index contributed by atoms with van der Waals surface area (Å²) in [5, 5.41) is 21.3. The summed E-state index contributed by atoms with van der Waals surface area (Å²) < 4.78 is 5.00. The molecule has 3 rings (SSSR count). The minimum atomic E-state index is -0.848. The number of aliphatic hydroxyl groups is 1. The van der Waals surface area contributed by atoms with Crippen molar-refractivity contribution in [2.75, 3.05) is 6.61 Å². The normalized spacial score (nSPS) is 14.6. The molecule has 0 spiro atoms. The minimum Gasteiger partial charge on any atom is -0.512 e. The number of carbonyl (C=O) groups excluding carboxylic acids is 2. The lowest BCUT2D eigenvalue weighted by atomic mass is 9.99. The number of para-hydroxylation sites is 1. The lowest BCUT2D eigenvalue weighted by Crippen LogP contribution is -2.18. The maximum atomic E-state index is 12.7. The molecule has 0 aliphatic carbocycles. The number of benzene rings is 2. The molecule has 1 aliphatic rings. The van der Waals surface area contributed by atoms with E-state index in [-0.39, 0.29) is 40.7 Å². The monoisotopic (exact) mass is 407 g/mol. The number of amidine groups is 1. The number of nitrogens with zero attached hydrogens (tertiary/aromatic N) is 3. The van der Waals surface area contributed by atoms with Gasteiger partial charge in [0, 0.05) is 17.2 Å². The third-order valence-electron chi connectivity index (χ3n) is 4.26. The molecule has 1 amide bonds. The SMILES string of the molecule is CCOC(=O)/C(C1=NC(=NC(=O)c2ccccc2[N+](=O)[O-])c2ccccc21)=C(\C)O. The number of aliphatic imine (C=N–C) groups is 2. The zero-order valence-corrected chi connectivity index (χ0v) is 16.2. The molecule has 0 fully saturated rings. The Labute approximate surface area is 171 Å². The number of nitro benzene ring substituents is 1. The zero-order valence-electron chi connectivity index (χ0n) is 16.2. The number of hydrogen-bond acceptors (Lipinski definition) is 6. The van der Waals surface area contributed by atoms with Gasteiger partial charge in [-0.05, 0) is 19.9 Å². The molecule has 2 aromatic carbocycles. The van der Waals surface area contributed by atoms with Crippen molar-refractivity contribution >= 4 is 29.1 Å². The molecule has 0 radical (unpaired) electrons. The summed E-state index contributed by atoms with van der Waals surface area (Å²) in [5.41, 5.74) is 0.327. The predicted octanol–water partition coefficient (Wildman–Crippen LogP) is 3.38. The number of esters is 1. The van der Waals surface area contributed by atoms with Crippen LogP contribution in [0.4, 0.5) is 5.69 Å². The number of nitro groups is 1. The Morgan fingerprint density at radius 1 is 1.13 bits per heavy atom. The Bertz CT molecular complexity index is 1140. The van der Waals surface area contributed by atoms with Gasteiger partial charge in [-0.2, -0.15) is 4.99 Å². The van der Waals surface area contributed by atoms with Crippen LogP contribution in [-0.2, 0) is 9.53 Å². The van der Waals surface area contributed by atoms with Crippen molar-refractivity contribution in [3.63, 3.8) is 0 Å². The highest BCUT2D eigenvalue weighted by molar-refractivity contribution is 6.36. The van der Waals surface area contributed by atoms with Crippen LogP contribution in [0.15, 0.2) is 69.8 Å². The quantitative estimate of drug-likeness (QED) is 0.266. The molecule has 0 saturated heterocycles. The first-order valence-electron chi connectivity index (χ1n) is 8.97. The largest absolute Gasteiger partial charge is 0.512 e. The number of carbonyl (C=O) groups is 2. The molecule has 0 aromatic heterocycles. The number of ether oxygens (including phenoxy) is 1. The van der Waals surface area contributed by atoms with E-state index in [9.17, 15) is 24.8 Å². The molecule has 9 nitrogen and oxygen atoms in total. The summed E-state index contributed by atoms with van der Waals surface area (Å²) >= 11 is 0. The highest BCUT2D eigenvalue weighted by Gasteiger charge is 2.31. The van der Waals surface area contributed by atoms with Crippen LogP contribution in [0, 0.1) is 10.1 Å². The summed E-state index contributed by atoms with van der Waals surface area (Å²) in [4.78, 5) is 43.8. The van der Waals surface area contributed by atoms with Crippen LogP contribution in [0.1, 0.15) is 35.3 Å². The Hall–Kier alpha value is -4.14. The van der Waals surface area contributed by atoms with Crippen LogP contribution in [0.2, 0.25) is 0 Å². The van der Waals surface area contributed by atoms with Crippen LogP contribution in [0.3, 0.4) is 0 Å². The molecule has 0 bridgehead atoms. The molecule has 1 aliphatic heterocycles. The van der Waals surface area contributed by atoms with Crippen LogP contribution >= 0.6 is 0 Å². The maximum absolute atomic E-state index is 12.7. The van der Waals surface area contributed by atoms with E-state index in [1.54, 1.807) is 31.2 Å². The van der Waals surface area contributed by atoms with Crippen LogP contribution in [0.5, 0.6) is 0 Å². The Morgan fingerprint density at radius 2 is 1.77 bits per heavy atom. The van der Waals surface area contributed by atoms with Crippen molar-refractivity contribution in [1.82, 2.24) is 0 Å². The third kappa shape index (κ3) is 3.86. The van der Waals surface area contributed by atoms with Gasteiger partial charge in [-0.15, -0.1) is 0 Å². The van der Waals surface area contributed by atoms with E-state index in [2.05, 4.69) is 9.98 Å². The highest BCUT2D eigenvalue weighted by atomic mass is 16.6. The average molecular weight is 407 g/mol. The Kier molecular flexibility index (Phi) is 5.82. The van der Waals surface area contributed by atoms with Crippen molar-refractivity contribution in [2.45, 2.75) is 13.8 Å². The fourth-order valence-corrected chi connectivity index (χ4v) is 2.98. The number of fused-ring (bicyclic) bond motifs is 1. The van der Waals surface area contributed by atoms with Gasteiger partial charge < -0.3 is 9.84 Å². The molecule has 1 heterocycles. The average Bonchev–Trinajstić information content (AvgIpc) is 3.06. The van der Waals surface area contributed by atoms with E-state index in [4.69, 9.17) is 4.74 Å². The molecule has 9 heteroatoms. The molecular weight excluding hydrogens is 390 g/mol. The second kappa shape index (κ2) is 8.48. The molecule has 2 aromatic rings. The molecule has 30 heavy (non-hydrogen) atoms. The minimum absolute atomic E-state index is 0.0215. The Morgan fingerprint density at radius 3 is 2.40 bits per heavy atom. The second-order valence-electron chi connectivity index (χ2n) is 6.20. The fraction of sp³-hybridized carbons (Fsp3) is 0.143. The van der Waals surface area contributed by atoms with E-state index >= 15 is 0 Å². The molecule has 0 atom stereocenters. The fourth-order valence-electron chi connectivity index (χ4n) is 2.98. The number of amides is 1. The molecule has 0 saturated carbocycles. The number of aliphatic hydroxyl groups excluding tert-OH is 1. The highest BCUT2D eigenvalue weighted by Crippen LogP contribution is 2.26. The van der Waals surface area contributed by atoms with Gasteiger partial charge in [-0.1, -0.05) is 36.4 Å². The second-order valence-corrected chi connectivity index (χ2v) is 6.20. The summed E-state index contributed by atoms with van der Waals surface area (Å²) in [6.07, 6.45) is 0. The van der Waals surface area contributed by atoms with Crippen LogP contribution < -0.4 is 0 Å². The van der Waals surface area contributed by atoms with Gasteiger partial charge in [0.15, 0.2) is 5.84 Å². The van der Waals surface area contributed by atoms with E-state index < -0.39 is 16.8 Å². The van der Waals surface area contributed by atoms with Gasteiger partial charge in [0.05, 0.1) is 17.2 Å². The van der Waals surface area contributed by atoms with Gasteiger partial charge in [0.2, 0.25) is 0 Å². The molecular formula is C21H17N3O6. The van der Waals surface area contributed by atoms with Crippen molar-refractivity contribution < 1.29 is 24.4 Å². The maximum Gasteiger partial charge on any atom is 0.343 e. The number of rotatable bonds is 5. The summed E-state index contributed by atoms with van der Waals surface area (Å²) in [5.74, 6) is -1.93. The first-order chi connectivity index (χ1) is 14.3. The van der Waals surface area contributed by atoms with Crippen molar-refractivity contribution in [3.05, 3.63) is 86.7 Å². The van der Waals surface area contributed by atoms with E-state index in [0.717, 1.165) is 0 Å². The van der Waals surface area contributed by atoms with Crippen LogP contribution in [0.25, 0.3) is 0 Å². The van der Waals surface area contributed by atoms with Crippen molar-refractivity contribution in [2.24, 2.45) is 9.98 Å². The van der Waals surface area contributed by atoms with E-state index in [1.807, 2.05) is 0 Å². The summed E-state index contributed by atoms with van der Waals surface area (Å²) in [6.45, 7) is 3.05. The number of hydrogen-bond donors (Lipinski definition) is 1. The topological polar surface area (TPSA) is 131 Å². The standard InChI is InChI=1S/C21H17N3O6/c1-3-30-21(27)17(12(2)25)18-13-8-4-5-9-14(13)19(22-18)23-20(26)15-10-6-7-11-16(15)24(28)29/h4-11,25H,3H2,1-2H3/b17-12+,23-19?. The first kappa shape index (κ1) is 20.6. The van der Waals surface area contributed by atoms with Gasteiger partial charge in [0.25, 0.3) is 11.6 Å². The summed E-state index contributed by atoms with van der Waals surface area (Å²) in [7, 11) is 0. The first-order valence-corrected chi connectivity index (χ1v) is 8.97. The van der Waals surface area contributed by atoms with E-state index in [0.29, 0.717) is 11.1 Å². The van der Waals surface area contributed by atoms with Crippen molar-refractivity contribution in [1.29, 1.82) is 0 Å². The molecule has 0 unspecified atom stereocenters. The zero-order chi connectivity index (χ0) is 21.8. The summed E-state index contributed by atoms with van der Waals surface area (Å²) in [6, 6.07) is 12.2. The smallest absolute Gasteiger partial charge is 0.343 e. The third-order valence-corrected chi connectivity index (χ3v) is 4.26. The lowest BCUT2D eigenvalue weighted by Gasteiger charge is -2.08. The predicted molar refractivity (Wildman–Crippen MR) is 109 cm³/mol. The van der Waals surface area contributed by atoms with Gasteiger partial charge in [-0.25, -0.2) is 9.79 Å². The molecule has 152 valence electrons. The van der Waals surface area contributed by atoms with E-state index in [1.165, 1.54) is 31.2 Å². The van der Waals surface area contributed by atoms with Gasteiger partial charge >= 0.3 is 5.97 Å². The lowest BCUT2D eigenvalue weighted by molar-refractivity contribution is -0.385. The van der Waals surface area contributed by atoms with Crippen molar-refractivity contribution in [3.8, 4) is 0 Å². The van der Waals surface area contributed by atoms with Crippen LogP contribution in [-0.4, -0.2) is 40.1 Å². The molecule has 1 N–H and O–H groups in total. The van der Waals surface area contributed by atoms with Gasteiger partial charge in [0.1, 0.15) is 16.9 Å².